The minimum Gasteiger partial charge on any atom is -0.300 e. The molecule has 1 aromatic rings. The normalized spacial score (nSPS) is 12.8. The van der Waals surface area contributed by atoms with Crippen LogP contribution in [0.15, 0.2) is 16.8 Å². The van der Waals surface area contributed by atoms with E-state index < -0.39 is 0 Å². The Morgan fingerprint density at radius 2 is 2.38 bits per heavy atom. The SMILES string of the molecule is CC(=O)CC(C)CCc1ccsc1. The Bertz CT molecular complexity index is 251. The smallest absolute Gasteiger partial charge is 0.130 e. The van der Waals surface area contributed by atoms with Gasteiger partial charge in [0.25, 0.3) is 0 Å². The summed E-state index contributed by atoms with van der Waals surface area (Å²) >= 11 is 1.74. The van der Waals surface area contributed by atoms with Gasteiger partial charge in [-0.25, -0.2) is 0 Å². The van der Waals surface area contributed by atoms with Crippen LogP contribution in [-0.2, 0) is 11.2 Å². The van der Waals surface area contributed by atoms with Gasteiger partial charge in [0.2, 0.25) is 0 Å². The maximum Gasteiger partial charge on any atom is 0.130 e. The number of rotatable bonds is 5. The average molecular weight is 196 g/mol. The number of aryl methyl sites for hydroxylation is 1. The van der Waals surface area contributed by atoms with Crippen LogP contribution in [0.2, 0.25) is 0 Å². The molecule has 0 aliphatic carbocycles. The number of ketones is 1. The van der Waals surface area contributed by atoms with Gasteiger partial charge in [-0.15, -0.1) is 0 Å². The molecule has 0 spiro atoms. The van der Waals surface area contributed by atoms with Gasteiger partial charge in [-0.3, -0.25) is 0 Å². The van der Waals surface area contributed by atoms with Crippen molar-refractivity contribution in [3.8, 4) is 0 Å². The number of carbonyl (C=O) groups excluding carboxylic acids is 1. The first-order chi connectivity index (χ1) is 6.18. The summed E-state index contributed by atoms with van der Waals surface area (Å²) in [6, 6.07) is 2.16. The maximum absolute atomic E-state index is 10.8. The third-order valence-corrected chi connectivity index (χ3v) is 2.87. The first kappa shape index (κ1) is 10.5. The van der Waals surface area contributed by atoms with E-state index in [0.717, 1.165) is 19.3 Å². The molecule has 2 heteroatoms. The Labute approximate surface area is 83.8 Å². The number of thiophene rings is 1. The fraction of sp³-hybridized carbons (Fsp3) is 0.545. The number of carbonyl (C=O) groups is 1. The Balaban J connectivity index is 2.22. The second-order valence-electron chi connectivity index (χ2n) is 3.68. The van der Waals surface area contributed by atoms with Crippen molar-refractivity contribution in [2.45, 2.75) is 33.1 Å². The van der Waals surface area contributed by atoms with E-state index in [1.807, 2.05) is 0 Å². The zero-order chi connectivity index (χ0) is 9.68. The van der Waals surface area contributed by atoms with Crippen LogP contribution in [0.1, 0.15) is 32.3 Å². The van der Waals surface area contributed by atoms with E-state index in [9.17, 15) is 4.79 Å². The van der Waals surface area contributed by atoms with Crippen LogP contribution < -0.4 is 0 Å². The van der Waals surface area contributed by atoms with Crippen LogP contribution in [0.3, 0.4) is 0 Å². The zero-order valence-electron chi connectivity index (χ0n) is 8.25. The highest BCUT2D eigenvalue weighted by atomic mass is 32.1. The van der Waals surface area contributed by atoms with Crippen molar-refractivity contribution in [3.63, 3.8) is 0 Å². The van der Waals surface area contributed by atoms with Gasteiger partial charge in [0.15, 0.2) is 0 Å². The standard InChI is InChI=1S/C11H16OS/c1-9(7-10(2)12)3-4-11-5-6-13-8-11/h5-6,8-9H,3-4,7H2,1-2H3. The molecule has 0 saturated carbocycles. The Hall–Kier alpha value is -0.630. The molecule has 0 bridgehead atoms. The van der Waals surface area contributed by atoms with E-state index in [1.54, 1.807) is 18.3 Å². The van der Waals surface area contributed by atoms with Gasteiger partial charge < -0.3 is 4.79 Å². The summed E-state index contributed by atoms with van der Waals surface area (Å²) in [4.78, 5) is 10.8. The highest BCUT2D eigenvalue weighted by Gasteiger charge is 2.05. The van der Waals surface area contributed by atoms with Gasteiger partial charge in [-0.05, 0) is 48.1 Å². The van der Waals surface area contributed by atoms with E-state index in [4.69, 9.17) is 0 Å². The zero-order valence-corrected chi connectivity index (χ0v) is 9.06. The van der Waals surface area contributed by atoms with E-state index in [1.165, 1.54) is 5.56 Å². The molecule has 0 amide bonds. The molecule has 0 fully saturated rings. The van der Waals surface area contributed by atoms with Gasteiger partial charge in [0.05, 0.1) is 0 Å². The molecule has 1 nitrogen and oxygen atoms in total. The first-order valence-corrected chi connectivity index (χ1v) is 5.63. The molecule has 13 heavy (non-hydrogen) atoms. The van der Waals surface area contributed by atoms with Gasteiger partial charge >= 0.3 is 0 Å². The van der Waals surface area contributed by atoms with Crippen molar-refractivity contribution in [2.75, 3.05) is 0 Å². The minimum absolute atomic E-state index is 0.304. The molecule has 1 unspecified atom stereocenters. The minimum atomic E-state index is 0.304. The second kappa shape index (κ2) is 5.18. The van der Waals surface area contributed by atoms with Crippen LogP contribution in [0, 0.1) is 5.92 Å². The molecule has 1 heterocycles. The van der Waals surface area contributed by atoms with Crippen molar-refractivity contribution < 1.29 is 4.79 Å². The highest BCUT2D eigenvalue weighted by molar-refractivity contribution is 7.07. The fourth-order valence-corrected chi connectivity index (χ4v) is 2.14. The molecular weight excluding hydrogens is 180 g/mol. The van der Waals surface area contributed by atoms with Crippen LogP contribution in [-0.4, -0.2) is 5.78 Å². The third kappa shape index (κ3) is 4.23. The molecular formula is C11H16OS. The summed E-state index contributed by atoms with van der Waals surface area (Å²) in [6.07, 6.45) is 2.96. The van der Waals surface area contributed by atoms with Crippen molar-refractivity contribution in [3.05, 3.63) is 22.4 Å². The highest BCUT2D eigenvalue weighted by Crippen LogP contribution is 2.14. The van der Waals surface area contributed by atoms with Crippen LogP contribution in [0.4, 0.5) is 0 Å². The summed E-state index contributed by atoms with van der Waals surface area (Å²) in [5, 5.41) is 4.28. The summed E-state index contributed by atoms with van der Waals surface area (Å²) in [7, 11) is 0. The van der Waals surface area contributed by atoms with Crippen molar-refractivity contribution >= 4 is 17.1 Å². The lowest BCUT2D eigenvalue weighted by Crippen LogP contribution is -2.02. The van der Waals surface area contributed by atoms with Crippen molar-refractivity contribution in [1.29, 1.82) is 0 Å². The largest absolute Gasteiger partial charge is 0.300 e. The summed E-state index contributed by atoms with van der Waals surface area (Å²) in [5.41, 5.74) is 1.40. The molecule has 1 rings (SSSR count). The predicted molar refractivity (Wildman–Crippen MR) is 57.1 cm³/mol. The monoisotopic (exact) mass is 196 g/mol. The summed E-state index contributed by atoms with van der Waals surface area (Å²) in [5.74, 6) is 0.829. The quantitative estimate of drug-likeness (QED) is 0.706. The molecule has 0 aliphatic rings. The Morgan fingerprint density at radius 3 is 2.92 bits per heavy atom. The maximum atomic E-state index is 10.8. The van der Waals surface area contributed by atoms with Crippen LogP contribution in [0.25, 0.3) is 0 Å². The van der Waals surface area contributed by atoms with Gasteiger partial charge in [0, 0.05) is 6.42 Å². The number of hydrogen-bond donors (Lipinski definition) is 0. The topological polar surface area (TPSA) is 17.1 Å². The average Bonchev–Trinajstić information content (AvgIpc) is 2.51. The summed E-state index contributed by atoms with van der Waals surface area (Å²) in [6.45, 7) is 3.81. The predicted octanol–water partition coefficient (Wildman–Crippen LogP) is 3.30. The third-order valence-electron chi connectivity index (χ3n) is 2.14. The number of hydrogen-bond acceptors (Lipinski definition) is 2. The van der Waals surface area contributed by atoms with Gasteiger partial charge in [0.1, 0.15) is 5.78 Å². The molecule has 72 valence electrons. The van der Waals surface area contributed by atoms with E-state index >= 15 is 0 Å². The van der Waals surface area contributed by atoms with Crippen molar-refractivity contribution in [1.82, 2.24) is 0 Å². The first-order valence-electron chi connectivity index (χ1n) is 4.69. The Morgan fingerprint density at radius 1 is 1.62 bits per heavy atom. The second-order valence-corrected chi connectivity index (χ2v) is 4.46. The van der Waals surface area contributed by atoms with E-state index in [-0.39, 0.29) is 0 Å². The van der Waals surface area contributed by atoms with Crippen molar-refractivity contribution in [2.24, 2.45) is 5.92 Å². The molecule has 0 saturated heterocycles. The molecule has 0 aromatic carbocycles. The van der Waals surface area contributed by atoms with Gasteiger partial charge in [-0.1, -0.05) is 6.92 Å². The molecule has 1 aromatic heterocycles. The fourth-order valence-electron chi connectivity index (χ4n) is 1.44. The number of Topliss-reactive ketones (excluding diaryl/α,β-unsaturated/α-hetero) is 1. The Kier molecular flexibility index (Phi) is 4.16. The lowest BCUT2D eigenvalue weighted by Gasteiger charge is -2.07. The van der Waals surface area contributed by atoms with E-state index in [0.29, 0.717) is 11.7 Å². The summed E-state index contributed by atoms with van der Waals surface area (Å²) < 4.78 is 0. The molecule has 1 atom stereocenters. The van der Waals surface area contributed by atoms with Crippen LogP contribution >= 0.6 is 11.3 Å². The lowest BCUT2D eigenvalue weighted by atomic mass is 9.98. The van der Waals surface area contributed by atoms with Gasteiger partial charge in [-0.2, -0.15) is 11.3 Å². The lowest BCUT2D eigenvalue weighted by molar-refractivity contribution is -0.117. The molecule has 0 N–H and O–H groups in total. The van der Waals surface area contributed by atoms with E-state index in [2.05, 4.69) is 23.8 Å². The van der Waals surface area contributed by atoms with Crippen LogP contribution in [0.5, 0.6) is 0 Å². The molecule has 0 aliphatic heterocycles. The molecule has 0 radical (unpaired) electrons.